The first kappa shape index (κ1) is 12.7. The molecule has 1 aromatic carbocycles. The first-order chi connectivity index (χ1) is 8.56. The molecule has 0 unspecified atom stereocenters. The average Bonchev–Trinajstić information content (AvgIpc) is 2.34. The third-order valence-electron chi connectivity index (χ3n) is 2.09. The lowest BCUT2D eigenvalue weighted by Gasteiger charge is -2.06. The largest absolute Gasteiger partial charge is 0.439 e. The van der Waals surface area contributed by atoms with Crippen LogP contribution in [0, 0.1) is 5.82 Å². The van der Waals surface area contributed by atoms with Crippen molar-refractivity contribution < 1.29 is 9.13 Å². The number of ether oxygens (including phenoxy) is 1. The monoisotopic (exact) mass is 282 g/mol. The first-order valence-electron chi connectivity index (χ1n) is 4.96. The Bertz CT molecular complexity index is 606. The van der Waals surface area contributed by atoms with E-state index in [1.165, 1.54) is 12.1 Å². The van der Waals surface area contributed by atoms with Crippen LogP contribution < -0.4 is 10.5 Å². The minimum atomic E-state index is -0.556. The lowest BCUT2D eigenvalue weighted by Crippen LogP contribution is -2.11. The molecular formula is C12H8ClFN2OS. The molecule has 6 heteroatoms. The molecule has 0 aliphatic carbocycles. The van der Waals surface area contributed by atoms with Gasteiger partial charge in [-0.25, -0.2) is 9.37 Å². The van der Waals surface area contributed by atoms with Crippen LogP contribution in [0.5, 0.6) is 11.6 Å². The van der Waals surface area contributed by atoms with Gasteiger partial charge in [-0.2, -0.15) is 0 Å². The van der Waals surface area contributed by atoms with E-state index >= 15 is 0 Å². The maximum atomic E-state index is 13.2. The van der Waals surface area contributed by atoms with Gasteiger partial charge < -0.3 is 10.5 Å². The van der Waals surface area contributed by atoms with Gasteiger partial charge in [0.2, 0.25) is 5.88 Å². The quantitative estimate of drug-likeness (QED) is 0.878. The standard InChI is InChI=1S/C12H8ClFN2OS/c13-8-5-4-7(6-9(8)14)17-11-3-1-2-10(16-11)12(15)18/h1-6H,(H2,15,18). The highest BCUT2D eigenvalue weighted by Crippen LogP contribution is 2.24. The number of hydrogen-bond acceptors (Lipinski definition) is 3. The Labute approximate surface area is 113 Å². The van der Waals surface area contributed by atoms with Crippen LogP contribution >= 0.6 is 23.8 Å². The minimum Gasteiger partial charge on any atom is -0.439 e. The second kappa shape index (κ2) is 5.29. The third-order valence-corrected chi connectivity index (χ3v) is 2.61. The molecule has 2 aromatic rings. The summed E-state index contributed by atoms with van der Waals surface area (Å²) in [6, 6.07) is 9.11. The molecule has 0 spiro atoms. The summed E-state index contributed by atoms with van der Waals surface area (Å²) in [7, 11) is 0. The van der Waals surface area contributed by atoms with Crippen molar-refractivity contribution in [2.24, 2.45) is 5.73 Å². The van der Waals surface area contributed by atoms with Crippen molar-refractivity contribution in [3.63, 3.8) is 0 Å². The molecular weight excluding hydrogens is 275 g/mol. The van der Waals surface area contributed by atoms with Crippen molar-refractivity contribution in [1.29, 1.82) is 0 Å². The Morgan fingerprint density at radius 2 is 2.11 bits per heavy atom. The summed E-state index contributed by atoms with van der Waals surface area (Å²) in [4.78, 5) is 4.24. The van der Waals surface area contributed by atoms with E-state index in [4.69, 9.17) is 34.3 Å². The number of nitrogens with zero attached hydrogens (tertiary/aromatic N) is 1. The number of benzene rings is 1. The molecule has 0 amide bonds. The van der Waals surface area contributed by atoms with Crippen molar-refractivity contribution in [1.82, 2.24) is 4.98 Å². The Morgan fingerprint density at radius 1 is 1.33 bits per heavy atom. The maximum absolute atomic E-state index is 13.2. The van der Waals surface area contributed by atoms with Crippen LogP contribution in [0.4, 0.5) is 4.39 Å². The number of pyridine rings is 1. The second-order valence-corrected chi connectivity index (χ2v) is 4.25. The number of nitrogens with two attached hydrogens (primary N) is 1. The number of aromatic nitrogens is 1. The van der Waals surface area contributed by atoms with Crippen molar-refractivity contribution in [2.45, 2.75) is 0 Å². The fourth-order valence-corrected chi connectivity index (χ4v) is 1.50. The lowest BCUT2D eigenvalue weighted by molar-refractivity contribution is 0.458. The van der Waals surface area contributed by atoms with Crippen molar-refractivity contribution in [3.8, 4) is 11.6 Å². The number of halogens is 2. The molecule has 0 saturated heterocycles. The van der Waals surface area contributed by atoms with Crippen molar-refractivity contribution in [3.05, 3.63) is 52.9 Å². The normalized spacial score (nSPS) is 10.1. The Balaban J connectivity index is 2.25. The van der Waals surface area contributed by atoms with E-state index in [-0.39, 0.29) is 15.9 Å². The summed E-state index contributed by atoms with van der Waals surface area (Å²) in [5.74, 6) is 0.0196. The van der Waals surface area contributed by atoms with E-state index in [1.807, 2.05) is 0 Å². The summed E-state index contributed by atoms with van der Waals surface area (Å²) >= 11 is 10.4. The fourth-order valence-electron chi connectivity index (χ4n) is 1.27. The van der Waals surface area contributed by atoms with E-state index in [1.54, 1.807) is 24.3 Å². The minimum absolute atomic E-state index is 0.0344. The predicted molar refractivity (Wildman–Crippen MR) is 71.6 cm³/mol. The molecule has 0 aliphatic rings. The predicted octanol–water partition coefficient (Wildman–Crippen LogP) is 3.30. The van der Waals surface area contributed by atoms with Gasteiger partial charge in [0.15, 0.2) is 0 Å². The zero-order valence-electron chi connectivity index (χ0n) is 9.06. The van der Waals surface area contributed by atoms with E-state index in [9.17, 15) is 4.39 Å². The second-order valence-electron chi connectivity index (χ2n) is 3.40. The number of thiocarbonyl (C=S) groups is 1. The van der Waals surface area contributed by atoms with E-state index in [2.05, 4.69) is 4.98 Å². The number of rotatable bonds is 3. The summed E-state index contributed by atoms with van der Waals surface area (Å²) in [6.07, 6.45) is 0. The SMILES string of the molecule is NC(=S)c1cccc(Oc2ccc(Cl)c(F)c2)n1. The Morgan fingerprint density at radius 3 is 2.78 bits per heavy atom. The summed E-state index contributed by atoms with van der Waals surface area (Å²) < 4.78 is 18.6. The molecule has 18 heavy (non-hydrogen) atoms. The van der Waals surface area contributed by atoms with Crippen LogP contribution in [0.25, 0.3) is 0 Å². The van der Waals surface area contributed by atoms with Crippen LogP contribution in [-0.2, 0) is 0 Å². The van der Waals surface area contributed by atoms with Gasteiger partial charge in [0.25, 0.3) is 0 Å². The maximum Gasteiger partial charge on any atom is 0.219 e. The van der Waals surface area contributed by atoms with Crippen LogP contribution in [-0.4, -0.2) is 9.97 Å². The molecule has 0 aliphatic heterocycles. The van der Waals surface area contributed by atoms with E-state index in [0.29, 0.717) is 11.4 Å². The summed E-state index contributed by atoms with van der Waals surface area (Å²) in [6.45, 7) is 0. The van der Waals surface area contributed by atoms with Gasteiger partial charge in [-0.05, 0) is 18.2 Å². The van der Waals surface area contributed by atoms with Gasteiger partial charge in [-0.1, -0.05) is 29.9 Å². The van der Waals surface area contributed by atoms with Gasteiger partial charge in [0, 0.05) is 12.1 Å². The topological polar surface area (TPSA) is 48.1 Å². The molecule has 0 radical (unpaired) electrons. The van der Waals surface area contributed by atoms with Gasteiger partial charge >= 0.3 is 0 Å². The molecule has 0 saturated carbocycles. The summed E-state index contributed by atoms with van der Waals surface area (Å²) in [5, 5.41) is 0.0344. The smallest absolute Gasteiger partial charge is 0.219 e. The molecule has 0 atom stereocenters. The van der Waals surface area contributed by atoms with Gasteiger partial charge in [-0.15, -0.1) is 0 Å². The zero-order chi connectivity index (χ0) is 13.1. The molecule has 0 bridgehead atoms. The highest BCUT2D eigenvalue weighted by Gasteiger charge is 2.05. The molecule has 0 fully saturated rings. The molecule has 2 rings (SSSR count). The highest BCUT2D eigenvalue weighted by atomic mass is 35.5. The first-order valence-corrected chi connectivity index (χ1v) is 5.74. The summed E-state index contributed by atoms with van der Waals surface area (Å²) in [5.41, 5.74) is 5.90. The van der Waals surface area contributed by atoms with E-state index in [0.717, 1.165) is 0 Å². The van der Waals surface area contributed by atoms with Gasteiger partial charge in [-0.3, -0.25) is 0 Å². The molecule has 1 heterocycles. The van der Waals surface area contributed by atoms with Gasteiger partial charge in [0.05, 0.1) is 5.02 Å². The van der Waals surface area contributed by atoms with Crippen LogP contribution in [0.2, 0.25) is 5.02 Å². The zero-order valence-corrected chi connectivity index (χ0v) is 10.6. The Kier molecular flexibility index (Phi) is 3.74. The van der Waals surface area contributed by atoms with Gasteiger partial charge in [0.1, 0.15) is 22.2 Å². The van der Waals surface area contributed by atoms with Crippen molar-refractivity contribution >= 4 is 28.8 Å². The van der Waals surface area contributed by atoms with Crippen LogP contribution in [0.1, 0.15) is 5.69 Å². The average molecular weight is 283 g/mol. The molecule has 1 aromatic heterocycles. The third kappa shape index (κ3) is 2.94. The molecule has 2 N–H and O–H groups in total. The number of hydrogen-bond donors (Lipinski definition) is 1. The highest BCUT2D eigenvalue weighted by molar-refractivity contribution is 7.80. The van der Waals surface area contributed by atoms with Crippen LogP contribution in [0.3, 0.4) is 0 Å². The van der Waals surface area contributed by atoms with E-state index < -0.39 is 5.82 Å². The molecule has 92 valence electrons. The Hall–Kier alpha value is -1.72. The van der Waals surface area contributed by atoms with Crippen molar-refractivity contribution in [2.75, 3.05) is 0 Å². The fraction of sp³-hybridized carbons (Fsp3) is 0. The van der Waals surface area contributed by atoms with Crippen LogP contribution in [0.15, 0.2) is 36.4 Å². The lowest BCUT2D eigenvalue weighted by atomic mass is 10.3. The molecule has 3 nitrogen and oxygen atoms in total.